The number of likely N-dealkylation sites (tertiary alicyclic amines) is 1. The minimum absolute atomic E-state index is 0.0403. The molecule has 6 heteroatoms. The zero-order chi connectivity index (χ0) is 26.0. The maximum Gasteiger partial charge on any atom is 0.247 e. The van der Waals surface area contributed by atoms with Crippen molar-refractivity contribution in [2.45, 2.75) is 74.5 Å². The van der Waals surface area contributed by atoms with Crippen LogP contribution >= 0.6 is 0 Å². The van der Waals surface area contributed by atoms with Crippen molar-refractivity contribution in [3.63, 3.8) is 0 Å². The summed E-state index contributed by atoms with van der Waals surface area (Å²) < 4.78 is 6.43. The summed E-state index contributed by atoms with van der Waals surface area (Å²) in [7, 11) is 2.25. The number of ether oxygens (including phenoxy) is 1. The lowest BCUT2D eigenvalue weighted by atomic mass is 9.50. The van der Waals surface area contributed by atoms with Crippen LogP contribution in [0, 0.1) is 0 Å². The number of nitrogens with one attached hydrogen (secondary N) is 1. The molecule has 0 saturated carbocycles. The van der Waals surface area contributed by atoms with E-state index < -0.39 is 0 Å². The Bertz CT molecular complexity index is 1430. The molecule has 0 radical (unpaired) electrons. The van der Waals surface area contributed by atoms with E-state index in [0.717, 1.165) is 25.9 Å². The summed E-state index contributed by atoms with van der Waals surface area (Å²) in [4.78, 5) is 21.3. The molecule has 2 aromatic rings. The number of nitrogens with zero attached hydrogens (tertiary/aromatic N) is 3. The Kier molecular flexibility index (Phi) is 4.39. The van der Waals surface area contributed by atoms with Crippen molar-refractivity contribution in [3.8, 4) is 0 Å². The quantitative estimate of drug-likeness (QED) is 0.370. The summed E-state index contributed by atoms with van der Waals surface area (Å²) in [6.45, 7) is 8.10. The highest BCUT2D eigenvalue weighted by molar-refractivity contribution is 5.89. The fraction of sp³-hybridized carbons (Fsp3) is 0.469. The molecular weight excluding hydrogens is 472 g/mol. The van der Waals surface area contributed by atoms with E-state index in [1.807, 2.05) is 25.2 Å². The molecule has 0 aromatic heterocycles. The first kappa shape index (κ1) is 22.9. The predicted octanol–water partition coefficient (Wildman–Crippen LogP) is 4.69. The van der Waals surface area contributed by atoms with Crippen molar-refractivity contribution in [2.24, 2.45) is 0 Å². The SMILES string of the molecule is C/C=C/C=C/C(=O)N1CC[C@@]23c4ccccc4N[C@@H]4N(C)c5cccc6c5[C@@]42CCN([C@@H]13)[C@@H]6C1OC1(C)C. The Morgan fingerprint density at radius 3 is 2.63 bits per heavy atom. The van der Waals surface area contributed by atoms with Crippen LogP contribution < -0.4 is 10.2 Å². The summed E-state index contributed by atoms with van der Waals surface area (Å²) in [6, 6.07) is 15.9. The molecule has 8 rings (SSSR count). The van der Waals surface area contributed by atoms with Crippen molar-refractivity contribution in [3.05, 3.63) is 83.5 Å². The maximum absolute atomic E-state index is 13.9. The average molecular weight is 509 g/mol. The molecule has 0 aliphatic carbocycles. The number of carbonyl (C=O) groups excluding carboxylic acids is 1. The number of piperidine rings is 1. The molecule has 1 amide bonds. The Morgan fingerprint density at radius 2 is 1.84 bits per heavy atom. The van der Waals surface area contributed by atoms with Gasteiger partial charge in [0.25, 0.3) is 0 Å². The first-order valence-corrected chi connectivity index (χ1v) is 14.1. The Hall–Kier alpha value is -3.09. The van der Waals surface area contributed by atoms with E-state index >= 15 is 0 Å². The molecule has 3 fully saturated rings. The molecule has 6 heterocycles. The minimum atomic E-state index is -0.217. The first-order chi connectivity index (χ1) is 18.4. The van der Waals surface area contributed by atoms with Crippen molar-refractivity contribution in [2.75, 3.05) is 30.4 Å². The number of epoxide rings is 1. The van der Waals surface area contributed by atoms with E-state index in [9.17, 15) is 4.79 Å². The maximum atomic E-state index is 13.9. The zero-order valence-corrected chi connectivity index (χ0v) is 22.6. The van der Waals surface area contributed by atoms with Crippen LogP contribution in [-0.4, -0.2) is 59.9 Å². The third kappa shape index (κ3) is 2.45. The van der Waals surface area contributed by atoms with Gasteiger partial charge in [-0.25, -0.2) is 0 Å². The second-order valence-corrected chi connectivity index (χ2v) is 12.5. The fourth-order valence-corrected chi connectivity index (χ4v) is 9.30. The summed E-state index contributed by atoms with van der Waals surface area (Å²) in [6.07, 6.45) is 9.76. The number of allylic oxidation sites excluding steroid dienone is 3. The zero-order valence-electron chi connectivity index (χ0n) is 22.6. The Balaban J connectivity index is 1.44. The van der Waals surface area contributed by atoms with Crippen molar-refractivity contribution >= 4 is 17.3 Å². The van der Waals surface area contributed by atoms with Crippen LogP contribution in [0.4, 0.5) is 11.4 Å². The van der Waals surface area contributed by atoms with Crippen LogP contribution in [0.5, 0.6) is 0 Å². The van der Waals surface area contributed by atoms with Crippen LogP contribution in [0.15, 0.2) is 66.8 Å². The average Bonchev–Trinajstić information content (AvgIpc) is 3.31. The van der Waals surface area contributed by atoms with Crippen molar-refractivity contribution in [1.29, 1.82) is 0 Å². The largest absolute Gasteiger partial charge is 0.365 e. The highest BCUT2D eigenvalue weighted by Gasteiger charge is 2.77. The van der Waals surface area contributed by atoms with Crippen LogP contribution in [0.3, 0.4) is 0 Å². The second kappa shape index (κ2) is 7.30. The molecule has 2 spiro atoms. The topological polar surface area (TPSA) is 51.4 Å². The molecule has 38 heavy (non-hydrogen) atoms. The number of para-hydroxylation sites is 1. The van der Waals surface area contributed by atoms with Gasteiger partial charge < -0.3 is 19.9 Å². The molecule has 2 bridgehead atoms. The number of carbonyl (C=O) groups is 1. The lowest BCUT2D eigenvalue weighted by Gasteiger charge is -2.62. The fourth-order valence-electron chi connectivity index (χ4n) is 9.30. The molecule has 2 unspecified atom stereocenters. The van der Waals surface area contributed by atoms with E-state index in [1.165, 1.54) is 28.1 Å². The van der Waals surface area contributed by atoms with E-state index in [1.54, 1.807) is 6.08 Å². The van der Waals surface area contributed by atoms with Gasteiger partial charge in [0.05, 0.1) is 23.2 Å². The summed E-state index contributed by atoms with van der Waals surface area (Å²) in [5, 5.41) is 4.01. The third-order valence-corrected chi connectivity index (χ3v) is 10.7. The standard InChI is InChI=1S/C32H36N4O2/c1-5-6-7-15-24(37)35-18-16-31-21-12-8-9-13-22(21)33-28-32(31)17-19-36(29(31)35)26(27-30(2,3)38-27)20-11-10-14-23(25(20)32)34(28)4/h5-15,26-29,33H,16-19H2,1-4H3/b6-5+,15-7+/t26-,27?,28+,29+,31-,32-/m0/s1. The smallest absolute Gasteiger partial charge is 0.247 e. The number of hydrogen-bond acceptors (Lipinski definition) is 5. The van der Waals surface area contributed by atoms with Gasteiger partial charge in [-0.1, -0.05) is 48.6 Å². The number of anilines is 2. The van der Waals surface area contributed by atoms with Gasteiger partial charge in [-0.05, 0) is 62.4 Å². The molecule has 6 aliphatic heterocycles. The Morgan fingerprint density at radius 1 is 1.05 bits per heavy atom. The van der Waals surface area contributed by atoms with E-state index in [-0.39, 0.29) is 46.8 Å². The highest BCUT2D eigenvalue weighted by atomic mass is 16.6. The predicted molar refractivity (Wildman–Crippen MR) is 149 cm³/mol. The number of benzene rings is 2. The summed E-state index contributed by atoms with van der Waals surface area (Å²) >= 11 is 0. The van der Waals surface area contributed by atoms with Gasteiger partial charge in [-0.3, -0.25) is 9.69 Å². The van der Waals surface area contributed by atoms with Crippen molar-refractivity contribution < 1.29 is 9.53 Å². The monoisotopic (exact) mass is 508 g/mol. The third-order valence-electron chi connectivity index (χ3n) is 10.7. The molecule has 6 aliphatic rings. The van der Waals surface area contributed by atoms with Gasteiger partial charge in [0, 0.05) is 43.0 Å². The van der Waals surface area contributed by atoms with E-state index in [2.05, 4.69) is 83.4 Å². The van der Waals surface area contributed by atoms with Crippen molar-refractivity contribution in [1.82, 2.24) is 9.80 Å². The van der Waals surface area contributed by atoms with Crippen LogP contribution in [0.2, 0.25) is 0 Å². The van der Waals surface area contributed by atoms with Crippen LogP contribution in [0.1, 0.15) is 56.3 Å². The van der Waals surface area contributed by atoms with Gasteiger partial charge in [-0.2, -0.15) is 0 Å². The van der Waals surface area contributed by atoms with Gasteiger partial charge in [-0.15, -0.1) is 0 Å². The van der Waals surface area contributed by atoms with Gasteiger partial charge in [0.1, 0.15) is 12.3 Å². The summed E-state index contributed by atoms with van der Waals surface area (Å²) in [5.74, 6) is 0.104. The first-order valence-electron chi connectivity index (χ1n) is 14.1. The molecule has 1 N–H and O–H groups in total. The molecular formula is C32H36N4O2. The molecule has 3 saturated heterocycles. The number of amides is 1. The van der Waals surface area contributed by atoms with Gasteiger partial charge >= 0.3 is 0 Å². The second-order valence-electron chi connectivity index (χ2n) is 12.5. The number of rotatable bonds is 3. The molecule has 6 nitrogen and oxygen atoms in total. The van der Waals surface area contributed by atoms with Crippen LogP contribution in [0.25, 0.3) is 0 Å². The van der Waals surface area contributed by atoms with Gasteiger partial charge in [0.15, 0.2) is 0 Å². The summed E-state index contributed by atoms with van der Waals surface area (Å²) in [5.41, 5.74) is 6.27. The lowest BCUT2D eigenvalue weighted by Crippen LogP contribution is -2.73. The normalized spacial score (nSPS) is 38.7. The lowest BCUT2D eigenvalue weighted by molar-refractivity contribution is -0.137. The molecule has 196 valence electrons. The number of fused-ring (bicyclic) bond motifs is 1. The highest BCUT2D eigenvalue weighted by Crippen LogP contribution is 2.72. The molecule has 2 aromatic carbocycles. The van der Waals surface area contributed by atoms with Crippen LogP contribution in [-0.2, 0) is 20.4 Å². The minimum Gasteiger partial charge on any atom is -0.365 e. The number of hydrogen-bond donors (Lipinski definition) is 1. The Labute approximate surface area is 224 Å². The van der Waals surface area contributed by atoms with E-state index in [4.69, 9.17) is 4.74 Å². The van der Waals surface area contributed by atoms with E-state index in [0.29, 0.717) is 0 Å². The molecule has 7 atom stereocenters. The van der Waals surface area contributed by atoms with Gasteiger partial charge in [0.2, 0.25) is 5.91 Å². The number of likely N-dealkylation sites (N-methyl/N-ethyl adjacent to an activating group) is 1.